The lowest BCUT2D eigenvalue weighted by Crippen LogP contribution is -2.42. The maximum absolute atomic E-state index is 12.6. The summed E-state index contributed by atoms with van der Waals surface area (Å²) in [5.41, 5.74) is 0.470. The summed E-state index contributed by atoms with van der Waals surface area (Å²) in [7, 11) is 1.47. The summed E-state index contributed by atoms with van der Waals surface area (Å²) in [5, 5.41) is 14.0. The summed E-state index contributed by atoms with van der Waals surface area (Å²) in [4.78, 5) is 11.5. The lowest BCUT2D eigenvalue weighted by atomic mass is 10.3. The topological polar surface area (TPSA) is 70.6 Å². The van der Waals surface area contributed by atoms with Crippen LogP contribution in [0.5, 0.6) is 0 Å². The monoisotopic (exact) mass is 242 g/mol. The average molecular weight is 242 g/mol. The highest BCUT2D eigenvalue weighted by atomic mass is 19.1. The minimum Gasteiger partial charge on any atom is -0.394 e. The minimum atomic E-state index is -0.479. The number of methoxy groups -OCH3 is 1. The number of aliphatic hydroxyl groups excluding tert-OH is 1. The number of hydrogen-bond acceptors (Lipinski definition) is 3. The van der Waals surface area contributed by atoms with Crippen LogP contribution in [0.3, 0.4) is 0 Å². The molecule has 0 aliphatic rings. The van der Waals surface area contributed by atoms with E-state index in [1.165, 1.54) is 31.4 Å². The van der Waals surface area contributed by atoms with Crippen molar-refractivity contribution in [1.82, 2.24) is 5.32 Å². The molecule has 0 aromatic heterocycles. The van der Waals surface area contributed by atoms with E-state index in [4.69, 9.17) is 9.84 Å². The van der Waals surface area contributed by atoms with Crippen LogP contribution in [0.1, 0.15) is 0 Å². The van der Waals surface area contributed by atoms with Crippen LogP contribution in [0.15, 0.2) is 24.3 Å². The van der Waals surface area contributed by atoms with Gasteiger partial charge in [0.05, 0.1) is 19.3 Å². The maximum Gasteiger partial charge on any atom is 0.319 e. The van der Waals surface area contributed by atoms with Crippen LogP contribution in [-0.4, -0.2) is 37.5 Å². The normalized spacial score (nSPS) is 11.9. The molecule has 1 unspecified atom stereocenters. The number of halogens is 1. The molecule has 0 bridgehead atoms. The molecule has 1 rings (SSSR count). The van der Waals surface area contributed by atoms with Gasteiger partial charge >= 0.3 is 6.03 Å². The molecule has 1 aromatic carbocycles. The van der Waals surface area contributed by atoms with Crippen molar-refractivity contribution < 1.29 is 19.0 Å². The van der Waals surface area contributed by atoms with Crippen LogP contribution in [0.4, 0.5) is 14.9 Å². The van der Waals surface area contributed by atoms with E-state index in [0.717, 1.165) is 0 Å². The van der Waals surface area contributed by atoms with E-state index in [9.17, 15) is 9.18 Å². The van der Waals surface area contributed by atoms with E-state index < -0.39 is 12.1 Å². The molecule has 1 aromatic rings. The summed E-state index contributed by atoms with van der Waals surface area (Å²) in [6.45, 7) is -0.00197. The number of rotatable bonds is 5. The number of aliphatic hydroxyl groups is 1. The summed E-state index contributed by atoms with van der Waals surface area (Å²) in [6.07, 6.45) is 0. The number of anilines is 1. The molecule has 0 heterocycles. The highest BCUT2D eigenvalue weighted by Gasteiger charge is 2.10. The third-order valence-corrected chi connectivity index (χ3v) is 2.03. The minimum absolute atomic E-state index is 0.216. The van der Waals surface area contributed by atoms with E-state index in [1.54, 1.807) is 0 Å². The quantitative estimate of drug-likeness (QED) is 0.720. The molecule has 0 aliphatic heterocycles. The summed E-state index contributed by atoms with van der Waals surface area (Å²) >= 11 is 0. The molecule has 2 amide bonds. The molecule has 5 nitrogen and oxygen atoms in total. The third kappa shape index (κ3) is 4.80. The van der Waals surface area contributed by atoms with Gasteiger partial charge in [0.1, 0.15) is 5.82 Å². The Morgan fingerprint density at radius 1 is 1.47 bits per heavy atom. The number of benzene rings is 1. The van der Waals surface area contributed by atoms with E-state index in [1.807, 2.05) is 0 Å². The molecule has 6 heteroatoms. The number of amides is 2. The van der Waals surface area contributed by atoms with Crippen molar-refractivity contribution in [2.75, 3.05) is 25.6 Å². The zero-order valence-corrected chi connectivity index (χ0v) is 9.44. The number of urea groups is 1. The fourth-order valence-corrected chi connectivity index (χ4v) is 1.23. The standard InChI is InChI=1S/C11H15FN2O3/c1-17-7-10(6-15)14-11(16)13-9-4-2-8(12)3-5-9/h2-5,10,15H,6-7H2,1H3,(H2,13,14,16). The van der Waals surface area contributed by atoms with Gasteiger partial charge < -0.3 is 20.5 Å². The zero-order chi connectivity index (χ0) is 12.7. The van der Waals surface area contributed by atoms with Crippen molar-refractivity contribution in [3.63, 3.8) is 0 Å². The first-order chi connectivity index (χ1) is 8.15. The van der Waals surface area contributed by atoms with Crippen LogP contribution in [0, 0.1) is 5.82 Å². The second-order valence-electron chi connectivity index (χ2n) is 3.44. The highest BCUT2D eigenvalue weighted by molar-refractivity contribution is 5.89. The fraction of sp³-hybridized carbons (Fsp3) is 0.364. The summed E-state index contributed by atoms with van der Waals surface area (Å²) in [5.74, 6) is -0.372. The Kier molecular flexibility index (Phi) is 5.38. The van der Waals surface area contributed by atoms with Gasteiger partial charge in [-0.15, -0.1) is 0 Å². The van der Waals surface area contributed by atoms with Crippen molar-refractivity contribution in [1.29, 1.82) is 0 Å². The molecule has 0 aliphatic carbocycles. The molecule has 0 saturated heterocycles. The Labute approximate surface area is 98.6 Å². The third-order valence-electron chi connectivity index (χ3n) is 2.03. The number of hydrogen-bond donors (Lipinski definition) is 3. The van der Waals surface area contributed by atoms with E-state index in [-0.39, 0.29) is 19.0 Å². The van der Waals surface area contributed by atoms with E-state index in [0.29, 0.717) is 5.69 Å². The fourth-order valence-electron chi connectivity index (χ4n) is 1.23. The molecule has 94 valence electrons. The van der Waals surface area contributed by atoms with Crippen molar-refractivity contribution in [3.05, 3.63) is 30.1 Å². The van der Waals surface area contributed by atoms with Crippen LogP contribution in [-0.2, 0) is 4.74 Å². The Bertz CT molecular complexity index is 356. The SMILES string of the molecule is COCC(CO)NC(=O)Nc1ccc(F)cc1. The molecular formula is C11H15FN2O3. The first kappa shape index (κ1) is 13.4. The van der Waals surface area contributed by atoms with Gasteiger partial charge in [0.15, 0.2) is 0 Å². The molecule has 0 spiro atoms. The van der Waals surface area contributed by atoms with Crippen molar-refractivity contribution in [2.45, 2.75) is 6.04 Å². The smallest absolute Gasteiger partial charge is 0.319 e. The molecule has 0 saturated carbocycles. The summed E-state index contributed by atoms with van der Waals surface area (Å²) < 4.78 is 17.4. The number of nitrogens with one attached hydrogen (secondary N) is 2. The number of ether oxygens (including phenoxy) is 1. The zero-order valence-electron chi connectivity index (χ0n) is 9.44. The van der Waals surface area contributed by atoms with Gasteiger partial charge in [-0.2, -0.15) is 0 Å². The van der Waals surface area contributed by atoms with E-state index >= 15 is 0 Å². The molecule has 17 heavy (non-hydrogen) atoms. The summed E-state index contributed by atoms with van der Waals surface area (Å²) in [6, 6.07) is 4.43. The second kappa shape index (κ2) is 6.82. The van der Waals surface area contributed by atoms with Gasteiger partial charge in [-0.3, -0.25) is 0 Å². The Morgan fingerprint density at radius 2 is 2.12 bits per heavy atom. The first-order valence-electron chi connectivity index (χ1n) is 5.08. The predicted molar refractivity (Wildman–Crippen MR) is 61.3 cm³/mol. The van der Waals surface area contributed by atoms with Crippen molar-refractivity contribution >= 4 is 11.7 Å². The number of carbonyl (C=O) groups is 1. The van der Waals surface area contributed by atoms with Crippen LogP contribution < -0.4 is 10.6 Å². The van der Waals surface area contributed by atoms with Gasteiger partial charge in [-0.05, 0) is 24.3 Å². The van der Waals surface area contributed by atoms with Gasteiger partial charge in [-0.25, -0.2) is 9.18 Å². The maximum atomic E-state index is 12.6. The predicted octanol–water partition coefficient (Wildman–Crippen LogP) is 0.954. The van der Waals surface area contributed by atoms with Crippen LogP contribution >= 0.6 is 0 Å². The van der Waals surface area contributed by atoms with Crippen molar-refractivity contribution in [2.24, 2.45) is 0 Å². The Hall–Kier alpha value is -1.66. The second-order valence-corrected chi connectivity index (χ2v) is 3.44. The van der Waals surface area contributed by atoms with Crippen molar-refractivity contribution in [3.8, 4) is 0 Å². The van der Waals surface area contributed by atoms with Gasteiger partial charge in [0.25, 0.3) is 0 Å². The van der Waals surface area contributed by atoms with E-state index in [2.05, 4.69) is 10.6 Å². The van der Waals surface area contributed by atoms with Gasteiger partial charge in [-0.1, -0.05) is 0 Å². The Morgan fingerprint density at radius 3 is 2.65 bits per heavy atom. The highest BCUT2D eigenvalue weighted by Crippen LogP contribution is 2.07. The Balaban J connectivity index is 2.46. The molecular weight excluding hydrogens is 227 g/mol. The molecule has 3 N–H and O–H groups in total. The van der Waals surface area contributed by atoms with Crippen LogP contribution in [0.2, 0.25) is 0 Å². The average Bonchev–Trinajstić information content (AvgIpc) is 2.31. The van der Waals surface area contributed by atoms with Gasteiger partial charge in [0.2, 0.25) is 0 Å². The molecule has 0 radical (unpaired) electrons. The molecule has 0 fully saturated rings. The lowest BCUT2D eigenvalue weighted by molar-refractivity contribution is 0.132. The van der Waals surface area contributed by atoms with Crippen LogP contribution in [0.25, 0.3) is 0 Å². The molecule has 1 atom stereocenters. The first-order valence-corrected chi connectivity index (χ1v) is 5.08. The van der Waals surface area contributed by atoms with Gasteiger partial charge in [0, 0.05) is 12.8 Å². The largest absolute Gasteiger partial charge is 0.394 e. The number of carbonyl (C=O) groups excluding carboxylic acids is 1. The lowest BCUT2D eigenvalue weighted by Gasteiger charge is -2.15.